The lowest BCUT2D eigenvalue weighted by Crippen LogP contribution is -2.16. The van der Waals surface area contributed by atoms with Crippen LogP contribution in [0.3, 0.4) is 0 Å². The molecule has 1 saturated carbocycles. The highest BCUT2D eigenvalue weighted by Gasteiger charge is 2.27. The minimum atomic E-state index is -0.0542. The van der Waals surface area contributed by atoms with Gasteiger partial charge in [-0.2, -0.15) is 0 Å². The maximum absolute atomic E-state index is 12.3. The highest BCUT2D eigenvalue weighted by molar-refractivity contribution is 9.10. The number of carbonyl (C=O) groups excluding carboxylic acids is 1. The predicted octanol–water partition coefficient (Wildman–Crippen LogP) is 4.15. The van der Waals surface area contributed by atoms with E-state index in [1.54, 1.807) is 0 Å². The number of aromatic nitrogens is 1. The van der Waals surface area contributed by atoms with E-state index in [9.17, 15) is 4.79 Å². The molecular formula is C15H15BrN2O. The van der Waals surface area contributed by atoms with Gasteiger partial charge in [-0.3, -0.25) is 4.79 Å². The van der Waals surface area contributed by atoms with Crippen LogP contribution >= 0.6 is 15.9 Å². The van der Waals surface area contributed by atoms with E-state index in [2.05, 4.69) is 25.8 Å². The quantitative estimate of drug-likeness (QED) is 0.906. The van der Waals surface area contributed by atoms with Crippen LogP contribution in [-0.2, 0) is 0 Å². The zero-order valence-corrected chi connectivity index (χ0v) is 12.3. The van der Waals surface area contributed by atoms with Gasteiger partial charge in [0.25, 0.3) is 5.91 Å². The molecule has 2 aromatic rings. The molecule has 0 unspecified atom stereocenters. The number of carbonyl (C=O) groups is 1. The van der Waals surface area contributed by atoms with Crippen LogP contribution in [0.15, 0.2) is 41.0 Å². The van der Waals surface area contributed by atoms with Gasteiger partial charge in [0.2, 0.25) is 0 Å². The van der Waals surface area contributed by atoms with Gasteiger partial charge in [-0.25, -0.2) is 0 Å². The van der Waals surface area contributed by atoms with Crippen molar-refractivity contribution in [1.29, 1.82) is 0 Å². The molecule has 3 nitrogen and oxygen atoms in total. The maximum Gasteiger partial charge on any atom is 0.272 e. The first kappa shape index (κ1) is 12.5. The summed E-state index contributed by atoms with van der Waals surface area (Å²) < 4.78 is 3.02. The van der Waals surface area contributed by atoms with Crippen LogP contribution in [0, 0.1) is 6.92 Å². The minimum absolute atomic E-state index is 0.0542. The molecule has 1 N–H and O–H groups in total. The number of rotatable bonds is 3. The van der Waals surface area contributed by atoms with Gasteiger partial charge in [0.15, 0.2) is 0 Å². The number of nitrogens with zero attached hydrogens (tertiary/aromatic N) is 1. The van der Waals surface area contributed by atoms with Crippen molar-refractivity contribution in [2.75, 3.05) is 5.32 Å². The summed E-state index contributed by atoms with van der Waals surface area (Å²) in [5, 5.41) is 2.94. The van der Waals surface area contributed by atoms with E-state index in [0.717, 1.165) is 28.7 Å². The number of amides is 1. The van der Waals surface area contributed by atoms with Gasteiger partial charge in [0.05, 0.1) is 0 Å². The molecule has 19 heavy (non-hydrogen) atoms. The Morgan fingerprint density at radius 3 is 2.63 bits per heavy atom. The fourth-order valence-corrected chi connectivity index (χ4v) is 2.55. The van der Waals surface area contributed by atoms with Crippen molar-refractivity contribution >= 4 is 27.5 Å². The maximum atomic E-state index is 12.3. The van der Waals surface area contributed by atoms with E-state index < -0.39 is 0 Å². The summed E-state index contributed by atoms with van der Waals surface area (Å²) in [5.41, 5.74) is 2.73. The summed E-state index contributed by atoms with van der Waals surface area (Å²) in [6.45, 7) is 2.03. The number of hydrogen-bond donors (Lipinski definition) is 1. The summed E-state index contributed by atoms with van der Waals surface area (Å²) in [5.74, 6) is -0.0542. The smallest absolute Gasteiger partial charge is 0.272 e. The van der Waals surface area contributed by atoms with Crippen LogP contribution < -0.4 is 5.32 Å². The first-order chi connectivity index (χ1) is 9.13. The lowest BCUT2D eigenvalue weighted by molar-refractivity contribution is 0.101. The molecule has 0 aliphatic heterocycles. The average Bonchev–Trinajstić information content (AvgIpc) is 3.15. The molecule has 4 heteroatoms. The molecule has 0 bridgehead atoms. The average molecular weight is 319 g/mol. The molecule has 1 aliphatic carbocycles. The third kappa shape index (κ3) is 2.73. The highest BCUT2D eigenvalue weighted by atomic mass is 79.9. The number of hydrogen-bond acceptors (Lipinski definition) is 1. The third-order valence-electron chi connectivity index (χ3n) is 3.30. The molecule has 1 aromatic heterocycles. The Labute approximate surface area is 120 Å². The van der Waals surface area contributed by atoms with Crippen molar-refractivity contribution < 1.29 is 4.79 Å². The highest BCUT2D eigenvalue weighted by Crippen LogP contribution is 2.37. The van der Waals surface area contributed by atoms with Crippen molar-refractivity contribution in [3.05, 3.63) is 52.3 Å². The van der Waals surface area contributed by atoms with E-state index in [-0.39, 0.29) is 5.91 Å². The van der Waals surface area contributed by atoms with Crippen LogP contribution in [0.1, 0.15) is 34.9 Å². The molecule has 1 aliphatic rings. The molecule has 0 spiro atoms. The number of anilines is 1. The first-order valence-corrected chi connectivity index (χ1v) is 7.18. The molecular weight excluding hydrogens is 304 g/mol. The Hall–Kier alpha value is -1.55. The van der Waals surface area contributed by atoms with E-state index in [4.69, 9.17) is 0 Å². The van der Waals surface area contributed by atoms with Gasteiger partial charge in [0, 0.05) is 22.4 Å². The second-order valence-corrected chi connectivity index (χ2v) is 5.92. The van der Waals surface area contributed by atoms with Crippen LogP contribution in [0.2, 0.25) is 0 Å². The van der Waals surface area contributed by atoms with Gasteiger partial charge in [0.1, 0.15) is 5.69 Å². The Kier molecular flexibility index (Phi) is 3.19. The van der Waals surface area contributed by atoms with Crippen molar-refractivity contribution in [2.24, 2.45) is 0 Å². The van der Waals surface area contributed by atoms with Gasteiger partial charge < -0.3 is 9.88 Å². The molecule has 0 radical (unpaired) electrons. The van der Waals surface area contributed by atoms with Crippen LogP contribution in [0.25, 0.3) is 0 Å². The zero-order chi connectivity index (χ0) is 13.4. The molecule has 1 aromatic carbocycles. The fraction of sp³-hybridized carbons (Fsp3) is 0.267. The standard InChI is InChI=1S/C15H15BrN2O/c1-10-2-4-12(5-3-10)17-15(19)14-8-11(16)9-18(14)13-6-7-13/h2-5,8-9,13H,6-7H2,1H3,(H,17,19). The summed E-state index contributed by atoms with van der Waals surface area (Å²) in [7, 11) is 0. The van der Waals surface area contributed by atoms with Gasteiger partial charge in [-0.1, -0.05) is 17.7 Å². The number of benzene rings is 1. The van der Waals surface area contributed by atoms with Gasteiger partial charge in [-0.05, 0) is 53.9 Å². The fourth-order valence-electron chi connectivity index (χ4n) is 2.11. The zero-order valence-electron chi connectivity index (χ0n) is 10.7. The van der Waals surface area contributed by atoms with Gasteiger partial charge in [-0.15, -0.1) is 0 Å². The molecule has 0 atom stereocenters. The molecule has 1 fully saturated rings. The third-order valence-corrected chi connectivity index (χ3v) is 3.73. The Morgan fingerprint density at radius 2 is 2.00 bits per heavy atom. The minimum Gasteiger partial charge on any atom is -0.339 e. The second-order valence-electron chi connectivity index (χ2n) is 5.00. The topological polar surface area (TPSA) is 34.0 Å². The van der Waals surface area contributed by atoms with E-state index in [1.807, 2.05) is 43.5 Å². The van der Waals surface area contributed by atoms with E-state index in [1.165, 1.54) is 5.56 Å². The molecule has 1 heterocycles. The van der Waals surface area contributed by atoms with Crippen LogP contribution in [0.5, 0.6) is 0 Å². The summed E-state index contributed by atoms with van der Waals surface area (Å²) in [6.07, 6.45) is 4.31. The van der Waals surface area contributed by atoms with Crippen molar-refractivity contribution in [2.45, 2.75) is 25.8 Å². The Morgan fingerprint density at radius 1 is 1.32 bits per heavy atom. The Bertz CT molecular complexity index is 612. The second kappa shape index (κ2) is 4.85. The van der Waals surface area contributed by atoms with Crippen molar-refractivity contribution in [1.82, 2.24) is 4.57 Å². The number of nitrogens with one attached hydrogen (secondary N) is 1. The SMILES string of the molecule is Cc1ccc(NC(=O)c2cc(Br)cn2C2CC2)cc1. The molecule has 98 valence electrons. The van der Waals surface area contributed by atoms with Crippen LogP contribution in [-0.4, -0.2) is 10.5 Å². The van der Waals surface area contributed by atoms with Crippen molar-refractivity contribution in [3.8, 4) is 0 Å². The largest absolute Gasteiger partial charge is 0.339 e. The first-order valence-electron chi connectivity index (χ1n) is 6.39. The molecule has 1 amide bonds. The number of halogens is 1. The predicted molar refractivity (Wildman–Crippen MR) is 79.5 cm³/mol. The van der Waals surface area contributed by atoms with Gasteiger partial charge >= 0.3 is 0 Å². The summed E-state index contributed by atoms with van der Waals surface area (Å²) in [4.78, 5) is 12.3. The molecule has 3 rings (SSSR count). The van der Waals surface area contributed by atoms with Crippen LogP contribution in [0.4, 0.5) is 5.69 Å². The number of aryl methyl sites for hydroxylation is 1. The van der Waals surface area contributed by atoms with E-state index >= 15 is 0 Å². The normalized spacial score (nSPS) is 14.4. The summed E-state index contributed by atoms with van der Waals surface area (Å²) in [6, 6.07) is 10.2. The lowest BCUT2D eigenvalue weighted by atomic mass is 10.2. The van der Waals surface area contributed by atoms with E-state index in [0.29, 0.717) is 6.04 Å². The summed E-state index contributed by atoms with van der Waals surface area (Å²) >= 11 is 3.44. The monoisotopic (exact) mass is 318 g/mol. The lowest BCUT2D eigenvalue weighted by Gasteiger charge is -2.08. The van der Waals surface area contributed by atoms with Crippen molar-refractivity contribution in [3.63, 3.8) is 0 Å². The molecule has 0 saturated heterocycles. The Balaban J connectivity index is 1.82.